The van der Waals surface area contributed by atoms with Gasteiger partial charge in [-0.1, -0.05) is 29.8 Å². The minimum Gasteiger partial charge on any atom is -0.350 e. The second kappa shape index (κ2) is 9.51. The molecule has 1 N–H and O–H groups in total. The van der Waals surface area contributed by atoms with Gasteiger partial charge in [-0.15, -0.1) is 0 Å². The van der Waals surface area contributed by atoms with E-state index in [1.807, 2.05) is 18.2 Å². The summed E-state index contributed by atoms with van der Waals surface area (Å²) in [7, 11) is -3.77. The molecule has 2 aromatic rings. The van der Waals surface area contributed by atoms with Gasteiger partial charge in [-0.25, -0.2) is 8.42 Å². The SMILES string of the molecule is N#CC1CN(S(=O)(=O)c2cccc(C(=O)N3CCC[C@@H]3C(=O)NCc3ccc(Cl)cc3)c2)C1. The van der Waals surface area contributed by atoms with Gasteiger partial charge in [-0.2, -0.15) is 9.57 Å². The quantitative estimate of drug-likeness (QED) is 0.674. The van der Waals surface area contributed by atoms with E-state index in [9.17, 15) is 18.0 Å². The highest BCUT2D eigenvalue weighted by Gasteiger charge is 2.38. The molecule has 10 heteroatoms. The fourth-order valence-corrected chi connectivity index (χ4v) is 5.72. The van der Waals surface area contributed by atoms with Gasteiger partial charge in [-0.05, 0) is 48.7 Å². The molecule has 4 rings (SSSR count). The van der Waals surface area contributed by atoms with E-state index in [1.165, 1.54) is 27.4 Å². The zero-order chi connectivity index (χ0) is 23.6. The molecule has 0 bridgehead atoms. The maximum atomic E-state index is 13.2. The van der Waals surface area contributed by atoms with Crippen molar-refractivity contribution >= 4 is 33.4 Å². The molecule has 2 saturated heterocycles. The van der Waals surface area contributed by atoms with Gasteiger partial charge in [0.1, 0.15) is 6.04 Å². The molecule has 2 aromatic carbocycles. The van der Waals surface area contributed by atoms with Crippen LogP contribution in [0.15, 0.2) is 53.4 Å². The second-order valence-corrected chi connectivity index (χ2v) is 10.6. The monoisotopic (exact) mass is 486 g/mol. The van der Waals surface area contributed by atoms with Gasteiger partial charge in [-0.3, -0.25) is 9.59 Å². The molecule has 2 heterocycles. The lowest BCUT2D eigenvalue weighted by molar-refractivity contribution is -0.125. The maximum Gasteiger partial charge on any atom is 0.254 e. The number of nitrogens with one attached hydrogen (secondary N) is 1. The van der Waals surface area contributed by atoms with Crippen molar-refractivity contribution in [3.63, 3.8) is 0 Å². The van der Waals surface area contributed by atoms with Crippen molar-refractivity contribution in [1.82, 2.24) is 14.5 Å². The third kappa shape index (κ3) is 4.88. The van der Waals surface area contributed by atoms with E-state index in [4.69, 9.17) is 16.9 Å². The van der Waals surface area contributed by atoms with Crippen molar-refractivity contribution in [1.29, 1.82) is 5.26 Å². The Morgan fingerprint density at radius 2 is 1.88 bits per heavy atom. The highest BCUT2D eigenvalue weighted by atomic mass is 35.5. The normalized spacial score (nSPS) is 19.0. The zero-order valence-corrected chi connectivity index (χ0v) is 19.3. The summed E-state index contributed by atoms with van der Waals surface area (Å²) in [6, 6.07) is 14.4. The van der Waals surface area contributed by atoms with Crippen LogP contribution >= 0.6 is 11.6 Å². The molecular formula is C23H23ClN4O4S. The number of amides is 2. The molecule has 0 unspecified atom stereocenters. The van der Waals surface area contributed by atoms with Crippen LogP contribution < -0.4 is 5.32 Å². The number of likely N-dealkylation sites (tertiary alicyclic amines) is 1. The molecule has 0 spiro atoms. The summed E-state index contributed by atoms with van der Waals surface area (Å²) in [4.78, 5) is 27.5. The number of carbonyl (C=O) groups is 2. The molecule has 0 aliphatic carbocycles. The van der Waals surface area contributed by atoms with E-state index in [0.29, 0.717) is 31.0 Å². The Balaban J connectivity index is 1.44. The molecule has 8 nitrogen and oxygen atoms in total. The van der Waals surface area contributed by atoms with Crippen molar-refractivity contribution in [3.05, 3.63) is 64.7 Å². The smallest absolute Gasteiger partial charge is 0.254 e. The van der Waals surface area contributed by atoms with Gasteiger partial charge < -0.3 is 10.2 Å². The minimum atomic E-state index is -3.77. The van der Waals surface area contributed by atoms with Crippen molar-refractivity contribution in [3.8, 4) is 6.07 Å². The first-order valence-electron chi connectivity index (χ1n) is 10.6. The summed E-state index contributed by atoms with van der Waals surface area (Å²) in [5.74, 6) is -0.932. The van der Waals surface area contributed by atoms with Gasteiger partial charge >= 0.3 is 0 Å². The van der Waals surface area contributed by atoms with Crippen molar-refractivity contribution < 1.29 is 18.0 Å². The predicted octanol–water partition coefficient (Wildman–Crippen LogP) is 2.41. The Hall–Kier alpha value is -2.93. The summed E-state index contributed by atoms with van der Waals surface area (Å²) < 4.78 is 26.8. The van der Waals surface area contributed by atoms with Crippen molar-refractivity contribution in [2.45, 2.75) is 30.3 Å². The van der Waals surface area contributed by atoms with Crippen molar-refractivity contribution in [2.24, 2.45) is 5.92 Å². The van der Waals surface area contributed by atoms with Gasteiger partial charge in [0.15, 0.2) is 0 Å². The van der Waals surface area contributed by atoms with E-state index >= 15 is 0 Å². The van der Waals surface area contributed by atoms with Crippen LogP contribution in [0.5, 0.6) is 0 Å². The standard InChI is InChI=1S/C23H23ClN4O4S/c24-19-8-6-16(7-9-19)13-26-22(29)21-5-2-10-28(21)23(30)18-3-1-4-20(11-18)33(31,32)27-14-17(12-25)15-27/h1,3-4,6-9,11,17,21H,2,5,10,13-15H2,(H,26,29)/t21-/m1/s1. The Bertz CT molecular complexity index is 1200. The number of carbonyl (C=O) groups excluding carboxylic acids is 2. The van der Waals surface area contributed by atoms with Crippen LogP contribution in [0.25, 0.3) is 0 Å². The van der Waals surface area contributed by atoms with Crippen LogP contribution in [0.2, 0.25) is 5.02 Å². The van der Waals surface area contributed by atoms with Crippen LogP contribution in [-0.2, 0) is 21.4 Å². The molecule has 0 aromatic heterocycles. The van der Waals surface area contributed by atoms with Crippen LogP contribution in [0.1, 0.15) is 28.8 Å². The largest absolute Gasteiger partial charge is 0.350 e. The minimum absolute atomic E-state index is 0.00711. The number of hydrogen-bond acceptors (Lipinski definition) is 5. The first-order valence-corrected chi connectivity index (χ1v) is 12.4. The van der Waals surface area contributed by atoms with Crippen molar-refractivity contribution in [2.75, 3.05) is 19.6 Å². The number of benzene rings is 2. The fraction of sp³-hybridized carbons (Fsp3) is 0.348. The predicted molar refractivity (Wildman–Crippen MR) is 122 cm³/mol. The van der Waals surface area contributed by atoms with E-state index in [-0.39, 0.29) is 41.3 Å². The molecule has 172 valence electrons. The Kier molecular flexibility index (Phi) is 6.70. The highest BCUT2D eigenvalue weighted by Crippen LogP contribution is 2.27. The number of sulfonamides is 1. The Labute approximate surface area is 197 Å². The zero-order valence-electron chi connectivity index (χ0n) is 17.8. The summed E-state index contributed by atoms with van der Waals surface area (Å²) in [5, 5.41) is 12.4. The summed E-state index contributed by atoms with van der Waals surface area (Å²) in [6.45, 7) is 1.05. The van der Waals surface area contributed by atoms with E-state index in [2.05, 4.69) is 5.32 Å². The number of halogens is 1. The molecule has 2 fully saturated rings. The van der Waals surface area contributed by atoms with Gasteiger partial charge in [0.2, 0.25) is 15.9 Å². The number of nitrogens with zero attached hydrogens (tertiary/aromatic N) is 3. The Morgan fingerprint density at radius 1 is 1.15 bits per heavy atom. The molecule has 33 heavy (non-hydrogen) atoms. The van der Waals surface area contributed by atoms with Crippen LogP contribution in [0.4, 0.5) is 0 Å². The van der Waals surface area contributed by atoms with Crippen LogP contribution in [0, 0.1) is 17.2 Å². The third-order valence-corrected chi connectivity index (χ3v) is 8.03. The summed E-state index contributed by atoms with van der Waals surface area (Å²) >= 11 is 5.89. The molecule has 2 aliphatic rings. The van der Waals surface area contributed by atoms with Crippen LogP contribution in [0.3, 0.4) is 0 Å². The number of rotatable bonds is 6. The lowest BCUT2D eigenvalue weighted by Crippen LogP contribution is -2.49. The molecule has 1 atom stereocenters. The van der Waals surface area contributed by atoms with E-state index < -0.39 is 16.1 Å². The van der Waals surface area contributed by atoms with E-state index in [0.717, 1.165) is 5.56 Å². The van der Waals surface area contributed by atoms with Gasteiger partial charge in [0, 0.05) is 36.8 Å². The lowest BCUT2D eigenvalue weighted by Gasteiger charge is -2.34. The lowest BCUT2D eigenvalue weighted by atomic mass is 10.1. The first kappa shape index (κ1) is 23.2. The highest BCUT2D eigenvalue weighted by molar-refractivity contribution is 7.89. The molecule has 2 aliphatic heterocycles. The second-order valence-electron chi connectivity index (χ2n) is 8.18. The third-order valence-electron chi connectivity index (χ3n) is 5.95. The average Bonchev–Trinajstić information content (AvgIpc) is 3.27. The summed E-state index contributed by atoms with van der Waals surface area (Å²) in [5.41, 5.74) is 1.11. The van der Waals surface area contributed by atoms with Gasteiger partial charge in [0.05, 0.1) is 16.9 Å². The number of hydrogen-bond donors (Lipinski definition) is 1. The number of nitriles is 1. The molecule has 0 radical (unpaired) electrons. The Morgan fingerprint density at radius 3 is 2.58 bits per heavy atom. The molecule has 2 amide bonds. The topological polar surface area (TPSA) is 111 Å². The molecule has 0 saturated carbocycles. The van der Waals surface area contributed by atoms with E-state index in [1.54, 1.807) is 18.2 Å². The molecular weight excluding hydrogens is 464 g/mol. The fourth-order valence-electron chi connectivity index (χ4n) is 4.01. The van der Waals surface area contributed by atoms with Gasteiger partial charge in [0.25, 0.3) is 5.91 Å². The maximum absolute atomic E-state index is 13.2. The summed E-state index contributed by atoms with van der Waals surface area (Å²) in [6.07, 6.45) is 1.23. The van der Waals surface area contributed by atoms with Crippen LogP contribution in [-0.4, -0.2) is 55.1 Å². The average molecular weight is 487 g/mol. The first-order chi connectivity index (χ1) is 15.8.